The predicted molar refractivity (Wildman–Crippen MR) is 99.5 cm³/mol. The molecule has 0 atom stereocenters. The van der Waals surface area contributed by atoms with Crippen molar-refractivity contribution in [1.29, 1.82) is 0 Å². The highest BCUT2D eigenvalue weighted by Crippen LogP contribution is 2.27. The molecule has 0 unspecified atom stereocenters. The molecular weight excluding hydrogens is 406 g/mol. The number of benzene rings is 2. The average molecular weight is 426 g/mol. The smallest absolute Gasteiger partial charge is 0.414 e. The lowest BCUT2D eigenvalue weighted by Crippen LogP contribution is -2.12. The largest absolute Gasteiger partial charge is 0.493 e. The maximum atomic E-state index is 9.10. The predicted octanol–water partition coefficient (Wildman–Crippen LogP) is 2.91. The summed E-state index contributed by atoms with van der Waals surface area (Å²) in [5, 5.41) is 18.2. The SMILES string of the molecule is COc1ccc(CNCc2ccc(Br)cc2)cc1OC.O=C(O)C(=O)O. The highest BCUT2D eigenvalue weighted by Gasteiger charge is 2.04. The molecule has 0 aromatic heterocycles. The lowest BCUT2D eigenvalue weighted by Gasteiger charge is -2.10. The normalized spacial score (nSPS) is 9.65. The van der Waals surface area contributed by atoms with Crippen LogP contribution in [0.1, 0.15) is 11.1 Å². The third kappa shape index (κ3) is 7.54. The third-order valence-corrected chi connectivity index (χ3v) is 3.73. The first-order chi connectivity index (χ1) is 12.4. The molecule has 0 aliphatic carbocycles. The third-order valence-electron chi connectivity index (χ3n) is 3.20. The van der Waals surface area contributed by atoms with Crippen LogP contribution in [0.3, 0.4) is 0 Å². The van der Waals surface area contributed by atoms with Gasteiger partial charge in [-0.3, -0.25) is 0 Å². The number of halogens is 1. The number of carboxylic acids is 2. The van der Waals surface area contributed by atoms with Crippen molar-refractivity contribution >= 4 is 27.9 Å². The molecule has 140 valence electrons. The quantitative estimate of drug-likeness (QED) is 0.610. The van der Waals surface area contributed by atoms with Crippen LogP contribution in [0.4, 0.5) is 0 Å². The summed E-state index contributed by atoms with van der Waals surface area (Å²) in [7, 11) is 3.29. The van der Waals surface area contributed by atoms with Crippen LogP contribution in [0.25, 0.3) is 0 Å². The summed E-state index contributed by atoms with van der Waals surface area (Å²) in [6.45, 7) is 1.62. The Morgan fingerprint density at radius 3 is 1.88 bits per heavy atom. The zero-order valence-electron chi connectivity index (χ0n) is 14.4. The first-order valence-electron chi connectivity index (χ1n) is 7.49. The number of carbonyl (C=O) groups is 2. The van der Waals surface area contributed by atoms with E-state index in [0.29, 0.717) is 0 Å². The molecule has 2 rings (SSSR count). The van der Waals surface area contributed by atoms with Crippen LogP contribution in [0.2, 0.25) is 0 Å². The molecule has 2 aromatic carbocycles. The summed E-state index contributed by atoms with van der Waals surface area (Å²) in [6.07, 6.45) is 0. The van der Waals surface area contributed by atoms with E-state index in [1.807, 2.05) is 30.3 Å². The van der Waals surface area contributed by atoms with E-state index in [-0.39, 0.29) is 0 Å². The Balaban J connectivity index is 0.000000487. The van der Waals surface area contributed by atoms with Crippen LogP contribution in [0.5, 0.6) is 11.5 Å². The van der Waals surface area contributed by atoms with Crippen molar-refractivity contribution < 1.29 is 29.3 Å². The van der Waals surface area contributed by atoms with Crippen LogP contribution in [-0.4, -0.2) is 36.4 Å². The van der Waals surface area contributed by atoms with Gasteiger partial charge in [-0.25, -0.2) is 9.59 Å². The molecule has 7 nitrogen and oxygen atoms in total. The minimum Gasteiger partial charge on any atom is -0.493 e. The minimum absolute atomic E-state index is 0.754. The lowest BCUT2D eigenvalue weighted by atomic mass is 10.2. The number of ether oxygens (including phenoxy) is 2. The van der Waals surface area contributed by atoms with Crippen molar-refractivity contribution in [3.8, 4) is 11.5 Å². The second-order valence-corrected chi connectivity index (χ2v) is 5.95. The van der Waals surface area contributed by atoms with Crippen LogP contribution >= 0.6 is 15.9 Å². The Labute approximate surface area is 159 Å². The molecule has 2 aromatic rings. The maximum absolute atomic E-state index is 9.10. The average Bonchev–Trinajstić information content (AvgIpc) is 2.63. The number of methoxy groups -OCH3 is 2. The molecule has 0 radical (unpaired) electrons. The van der Waals surface area contributed by atoms with Gasteiger partial charge in [0.15, 0.2) is 11.5 Å². The van der Waals surface area contributed by atoms with Crippen molar-refractivity contribution in [3.05, 3.63) is 58.1 Å². The molecule has 0 spiro atoms. The Morgan fingerprint density at radius 2 is 1.38 bits per heavy atom. The van der Waals surface area contributed by atoms with Gasteiger partial charge in [-0.05, 0) is 35.4 Å². The van der Waals surface area contributed by atoms with Gasteiger partial charge >= 0.3 is 11.9 Å². The number of carboxylic acid groups (broad SMARTS) is 2. The monoisotopic (exact) mass is 425 g/mol. The molecule has 0 aliphatic rings. The molecule has 0 saturated heterocycles. The van der Waals surface area contributed by atoms with Gasteiger partial charge in [-0.15, -0.1) is 0 Å². The van der Waals surface area contributed by atoms with E-state index < -0.39 is 11.9 Å². The first-order valence-corrected chi connectivity index (χ1v) is 8.29. The zero-order valence-corrected chi connectivity index (χ0v) is 15.9. The Hall–Kier alpha value is -2.58. The first kappa shape index (κ1) is 21.5. The van der Waals surface area contributed by atoms with Crippen molar-refractivity contribution in [2.24, 2.45) is 0 Å². The second-order valence-electron chi connectivity index (χ2n) is 5.03. The highest BCUT2D eigenvalue weighted by atomic mass is 79.9. The van der Waals surface area contributed by atoms with Crippen molar-refractivity contribution in [3.63, 3.8) is 0 Å². The maximum Gasteiger partial charge on any atom is 0.414 e. The molecule has 0 fully saturated rings. The van der Waals surface area contributed by atoms with Gasteiger partial charge in [0.25, 0.3) is 0 Å². The fourth-order valence-corrected chi connectivity index (χ4v) is 2.21. The van der Waals surface area contributed by atoms with E-state index in [2.05, 4.69) is 33.4 Å². The summed E-state index contributed by atoms with van der Waals surface area (Å²) >= 11 is 3.43. The topological polar surface area (TPSA) is 105 Å². The number of hydrogen-bond acceptors (Lipinski definition) is 5. The molecule has 0 heterocycles. The van der Waals surface area contributed by atoms with E-state index in [9.17, 15) is 0 Å². The fraction of sp³-hybridized carbons (Fsp3) is 0.222. The fourth-order valence-electron chi connectivity index (χ4n) is 1.94. The van der Waals surface area contributed by atoms with Crippen molar-refractivity contribution in [2.45, 2.75) is 13.1 Å². The van der Waals surface area contributed by atoms with Crippen molar-refractivity contribution in [2.75, 3.05) is 14.2 Å². The van der Waals surface area contributed by atoms with Gasteiger partial charge in [0.2, 0.25) is 0 Å². The lowest BCUT2D eigenvalue weighted by molar-refractivity contribution is -0.159. The summed E-state index contributed by atoms with van der Waals surface area (Å²) in [6, 6.07) is 14.3. The summed E-state index contributed by atoms with van der Waals surface area (Å²) in [5.41, 5.74) is 2.42. The summed E-state index contributed by atoms with van der Waals surface area (Å²) < 4.78 is 11.6. The molecule has 26 heavy (non-hydrogen) atoms. The van der Waals surface area contributed by atoms with Gasteiger partial charge in [0.1, 0.15) is 0 Å². The van der Waals surface area contributed by atoms with Crippen LogP contribution in [0, 0.1) is 0 Å². The molecule has 0 saturated carbocycles. The standard InChI is InChI=1S/C16H18BrNO2.C2H2O4/c1-19-15-8-5-13(9-16(15)20-2)11-18-10-12-3-6-14(17)7-4-12;3-1(4)2(5)6/h3-9,18H,10-11H2,1-2H3;(H,3,4)(H,5,6). The van der Waals surface area contributed by atoms with Gasteiger partial charge in [-0.1, -0.05) is 34.1 Å². The number of hydrogen-bond donors (Lipinski definition) is 3. The number of rotatable bonds is 6. The summed E-state index contributed by atoms with van der Waals surface area (Å²) in [5.74, 6) is -2.13. The second kappa shape index (κ2) is 11.1. The minimum atomic E-state index is -1.82. The van der Waals surface area contributed by atoms with Gasteiger partial charge in [-0.2, -0.15) is 0 Å². The Kier molecular flexibility index (Phi) is 9.18. The summed E-state index contributed by atoms with van der Waals surface area (Å²) in [4.78, 5) is 18.2. The van der Waals surface area contributed by atoms with E-state index in [0.717, 1.165) is 29.1 Å². The van der Waals surface area contributed by atoms with E-state index in [4.69, 9.17) is 29.3 Å². The molecule has 0 bridgehead atoms. The van der Waals surface area contributed by atoms with E-state index in [1.54, 1.807) is 14.2 Å². The van der Waals surface area contributed by atoms with Gasteiger partial charge in [0, 0.05) is 17.6 Å². The highest BCUT2D eigenvalue weighted by molar-refractivity contribution is 9.10. The van der Waals surface area contributed by atoms with Gasteiger partial charge in [0.05, 0.1) is 14.2 Å². The molecule has 0 amide bonds. The molecule has 0 aliphatic heterocycles. The van der Waals surface area contributed by atoms with E-state index in [1.165, 1.54) is 11.1 Å². The number of aliphatic carboxylic acids is 2. The Morgan fingerprint density at radius 1 is 0.885 bits per heavy atom. The molecular formula is C18H20BrNO6. The molecule has 3 N–H and O–H groups in total. The van der Waals surface area contributed by atoms with E-state index >= 15 is 0 Å². The van der Waals surface area contributed by atoms with Gasteiger partial charge < -0.3 is 25.0 Å². The van der Waals surface area contributed by atoms with Crippen molar-refractivity contribution in [1.82, 2.24) is 5.32 Å². The van der Waals surface area contributed by atoms with Crippen LogP contribution in [0.15, 0.2) is 46.9 Å². The van der Waals surface area contributed by atoms with Crippen LogP contribution in [-0.2, 0) is 22.7 Å². The van der Waals surface area contributed by atoms with Crippen LogP contribution < -0.4 is 14.8 Å². The molecule has 8 heteroatoms. The number of nitrogens with one attached hydrogen (secondary N) is 1. The Bertz CT molecular complexity index is 721. The zero-order chi connectivity index (χ0) is 19.5.